The predicted molar refractivity (Wildman–Crippen MR) is 41.2 cm³/mol. The van der Waals surface area contributed by atoms with Crippen molar-refractivity contribution in [3.05, 3.63) is 18.5 Å². The highest BCUT2D eigenvalue weighted by atomic mass is 32.2. The van der Waals surface area contributed by atoms with Crippen molar-refractivity contribution in [1.29, 1.82) is 0 Å². The molecule has 0 amide bonds. The molecule has 0 saturated heterocycles. The highest BCUT2D eigenvalue weighted by molar-refractivity contribution is 7.91. The Kier molecular flexibility index (Phi) is 1.86. The minimum absolute atomic E-state index is 1.05. The van der Waals surface area contributed by atoms with Crippen LogP contribution in [0.25, 0.3) is 0 Å². The molecule has 0 unspecified atom stereocenters. The van der Waals surface area contributed by atoms with Crippen LogP contribution in [0.2, 0.25) is 0 Å². The minimum Gasteiger partial charge on any atom is -0.205 e. The molecule has 0 bridgehead atoms. The van der Waals surface area contributed by atoms with Gasteiger partial charge < -0.3 is 0 Å². The average molecular weight is 175 g/mol. The normalized spacial score (nSPS) is 11.5. The van der Waals surface area contributed by atoms with E-state index < -0.39 is 10.0 Å². The van der Waals surface area contributed by atoms with Crippen LogP contribution in [-0.2, 0) is 10.0 Å². The lowest BCUT2D eigenvalue weighted by molar-refractivity contribution is 0.574. The number of rotatable bonds is 2. The summed E-state index contributed by atoms with van der Waals surface area (Å²) in [6.07, 6.45) is 4.19. The Morgan fingerprint density at radius 3 is 2.55 bits per heavy atom. The Morgan fingerprint density at radius 2 is 2.18 bits per heavy atom. The number of sulfonamides is 1. The summed E-state index contributed by atoms with van der Waals surface area (Å²) in [5, 5.41) is 3.75. The second kappa shape index (κ2) is 2.54. The van der Waals surface area contributed by atoms with Crippen molar-refractivity contribution in [2.75, 3.05) is 17.7 Å². The Hall–Kier alpha value is -1.04. The standard InChI is InChI=1S/C5H9N3O2S/c1-7(11(2,9)10)8-5-3-4-6-8/h3-5H,1-2H3. The van der Waals surface area contributed by atoms with Gasteiger partial charge in [0.1, 0.15) is 0 Å². The minimum atomic E-state index is -3.19. The molecule has 0 atom stereocenters. The van der Waals surface area contributed by atoms with Gasteiger partial charge in [-0.15, -0.1) is 0 Å². The van der Waals surface area contributed by atoms with Gasteiger partial charge in [0, 0.05) is 13.2 Å². The zero-order valence-electron chi connectivity index (χ0n) is 6.30. The van der Waals surface area contributed by atoms with Crippen LogP contribution < -0.4 is 4.41 Å². The van der Waals surface area contributed by atoms with E-state index in [1.165, 1.54) is 18.0 Å². The van der Waals surface area contributed by atoms with Crippen LogP contribution in [0.4, 0.5) is 0 Å². The quantitative estimate of drug-likeness (QED) is 0.603. The first-order valence-electron chi connectivity index (χ1n) is 2.95. The third kappa shape index (κ3) is 1.70. The van der Waals surface area contributed by atoms with Crippen molar-refractivity contribution in [1.82, 2.24) is 9.89 Å². The highest BCUT2D eigenvalue weighted by Crippen LogP contribution is 1.91. The predicted octanol–water partition coefficient (Wildman–Crippen LogP) is -0.589. The lowest BCUT2D eigenvalue weighted by atomic mass is 10.8. The van der Waals surface area contributed by atoms with E-state index in [9.17, 15) is 8.42 Å². The van der Waals surface area contributed by atoms with Crippen LogP contribution in [0.5, 0.6) is 0 Å². The number of aromatic nitrogens is 2. The summed E-state index contributed by atoms with van der Waals surface area (Å²) < 4.78 is 22.8. The highest BCUT2D eigenvalue weighted by Gasteiger charge is 2.09. The summed E-state index contributed by atoms with van der Waals surface area (Å²) in [6.45, 7) is 0. The molecule has 5 nitrogen and oxygen atoms in total. The van der Waals surface area contributed by atoms with Crippen molar-refractivity contribution in [2.45, 2.75) is 0 Å². The van der Waals surface area contributed by atoms with Gasteiger partial charge in [-0.05, 0) is 6.07 Å². The molecule has 1 aromatic heterocycles. The maximum atomic E-state index is 10.9. The van der Waals surface area contributed by atoms with Gasteiger partial charge in [0.05, 0.1) is 12.5 Å². The Labute approximate surface area is 65.3 Å². The first kappa shape index (κ1) is 8.06. The van der Waals surface area contributed by atoms with Crippen molar-refractivity contribution in [2.24, 2.45) is 0 Å². The largest absolute Gasteiger partial charge is 0.246 e. The van der Waals surface area contributed by atoms with Crippen LogP contribution in [0.1, 0.15) is 0 Å². The third-order valence-corrected chi connectivity index (χ3v) is 2.39. The van der Waals surface area contributed by atoms with E-state index in [0.29, 0.717) is 0 Å². The second-order valence-electron chi connectivity index (χ2n) is 2.12. The van der Waals surface area contributed by atoms with Gasteiger partial charge in [-0.1, -0.05) is 0 Å². The van der Waals surface area contributed by atoms with Gasteiger partial charge in [-0.2, -0.15) is 14.3 Å². The third-order valence-electron chi connectivity index (χ3n) is 1.26. The molecule has 0 radical (unpaired) electrons. The number of hydrogen-bond donors (Lipinski definition) is 0. The monoisotopic (exact) mass is 175 g/mol. The van der Waals surface area contributed by atoms with E-state index in [1.54, 1.807) is 12.3 Å². The van der Waals surface area contributed by atoms with E-state index in [0.717, 1.165) is 10.7 Å². The van der Waals surface area contributed by atoms with Gasteiger partial charge in [0.25, 0.3) is 0 Å². The smallest absolute Gasteiger partial charge is 0.205 e. The van der Waals surface area contributed by atoms with Gasteiger partial charge in [-0.25, -0.2) is 8.42 Å². The van der Waals surface area contributed by atoms with Crippen molar-refractivity contribution >= 4 is 10.0 Å². The Balaban J connectivity index is 2.97. The maximum Gasteiger partial charge on any atom is 0.246 e. The molecular weight excluding hydrogens is 166 g/mol. The molecule has 0 aromatic carbocycles. The molecule has 1 aromatic rings. The van der Waals surface area contributed by atoms with Gasteiger partial charge in [0.2, 0.25) is 10.0 Å². The molecule has 11 heavy (non-hydrogen) atoms. The molecule has 0 aliphatic heterocycles. The number of nitrogens with zero attached hydrogens (tertiary/aromatic N) is 3. The zero-order chi connectivity index (χ0) is 8.48. The topological polar surface area (TPSA) is 55.2 Å². The van der Waals surface area contributed by atoms with Crippen molar-refractivity contribution < 1.29 is 8.42 Å². The van der Waals surface area contributed by atoms with Crippen molar-refractivity contribution in [3.8, 4) is 0 Å². The maximum absolute atomic E-state index is 10.9. The molecule has 0 aliphatic rings. The first-order valence-corrected chi connectivity index (χ1v) is 4.80. The molecule has 1 heterocycles. The second-order valence-corrected chi connectivity index (χ2v) is 4.12. The molecule has 1 rings (SSSR count). The first-order chi connectivity index (χ1) is 5.02. The zero-order valence-corrected chi connectivity index (χ0v) is 7.11. The fraction of sp³-hybridized carbons (Fsp3) is 0.400. The van der Waals surface area contributed by atoms with Gasteiger partial charge in [0.15, 0.2) is 0 Å². The molecule has 6 heteroatoms. The van der Waals surface area contributed by atoms with E-state index >= 15 is 0 Å². The fourth-order valence-corrected chi connectivity index (χ4v) is 0.980. The number of hydrogen-bond acceptors (Lipinski definition) is 3. The Bertz CT molecular complexity index is 316. The molecule has 0 fully saturated rings. The average Bonchev–Trinajstić information content (AvgIpc) is 2.34. The summed E-state index contributed by atoms with van der Waals surface area (Å²) in [4.78, 5) is 1.25. The van der Waals surface area contributed by atoms with Crippen LogP contribution >= 0.6 is 0 Å². The van der Waals surface area contributed by atoms with Crippen LogP contribution in [-0.4, -0.2) is 31.6 Å². The molecule has 0 N–H and O–H groups in total. The van der Waals surface area contributed by atoms with Gasteiger partial charge in [-0.3, -0.25) is 0 Å². The van der Waals surface area contributed by atoms with Gasteiger partial charge >= 0.3 is 0 Å². The summed E-state index contributed by atoms with van der Waals surface area (Å²) in [5.41, 5.74) is 0. The van der Waals surface area contributed by atoms with Crippen LogP contribution in [0, 0.1) is 0 Å². The van der Waals surface area contributed by atoms with E-state index in [2.05, 4.69) is 5.10 Å². The SMILES string of the molecule is CN(n1cccn1)S(C)(=O)=O. The van der Waals surface area contributed by atoms with E-state index in [1.807, 2.05) is 0 Å². The molecule has 0 aliphatic carbocycles. The van der Waals surface area contributed by atoms with Crippen molar-refractivity contribution in [3.63, 3.8) is 0 Å². The van der Waals surface area contributed by atoms with Crippen LogP contribution in [0.15, 0.2) is 18.5 Å². The summed E-state index contributed by atoms with van der Waals surface area (Å²) >= 11 is 0. The van der Waals surface area contributed by atoms with E-state index in [4.69, 9.17) is 0 Å². The molecule has 0 spiro atoms. The molecule has 62 valence electrons. The Morgan fingerprint density at radius 1 is 1.55 bits per heavy atom. The molecular formula is C5H9N3O2S. The lowest BCUT2D eigenvalue weighted by Gasteiger charge is -2.15. The fourth-order valence-electron chi connectivity index (χ4n) is 0.579. The summed E-state index contributed by atoms with van der Waals surface area (Å²) in [6, 6.07) is 1.65. The molecule has 0 saturated carbocycles. The van der Waals surface area contributed by atoms with Crippen LogP contribution in [0.3, 0.4) is 0 Å². The lowest BCUT2D eigenvalue weighted by Crippen LogP contribution is -2.35. The summed E-state index contributed by atoms with van der Waals surface area (Å²) in [7, 11) is -1.76. The van der Waals surface area contributed by atoms with E-state index in [-0.39, 0.29) is 0 Å². The summed E-state index contributed by atoms with van der Waals surface area (Å²) in [5.74, 6) is 0.